The van der Waals surface area contributed by atoms with Gasteiger partial charge in [0.1, 0.15) is 0 Å². The van der Waals surface area contributed by atoms with E-state index < -0.39 is 0 Å². The summed E-state index contributed by atoms with van der Waals surface area (Å²) in [4.78, 5) is 0. The van der Waals surface area contributed by atoms with Gasteiger partial charge in [0.25, 0.3) is 0 Å². The van der Waals surface area contributed by atoms with Crippen molar-refractivity contribution in [3.05, 3.63) is 193 Å². The lowest BCUT2D eigenvalue weighted by Crippen LogP contribution is -2.10. The number of nitrogens with zero attached hydrogens (tertiary/aromatic N) is 2. The lowest BCUT2D eigenvalue weighted by Gasteiger charge is -2.19. The van der Waals surface area contributed by atoms with Crippen molar-refractivity contribution in [3.8, 4) is 45.0 Å². The third-order valence-corrected chi connectivity index (χ3v) is 12.1. The summed E-state index contributed by atoms with van der Waals surface area (Å²) < 4.78 is 4.88. The van der Waals surface area contributed by atoms with Crippen LogP contribution in [-0.2, 0) is 10.8 Å². The van der Waals surface area contributed by atoms with Gasteiger partial charge in [-0.05, 0) is 115 Å². The smallest absolute Gasteiger partial charge is 0.0541 e. The van der Waals surface area contributed by atoms with Crippen LogP contribution < -0.4 is 0 Å². The molecule has 8 aromatic carbocycles. The van der Waals surface area contributed by atoms with Crippen LogP contribution in [0.15, 0.2) is 182 Å². The molecule has 2 nitrogen and oxygen atoms in total. The van der Waals surface area contributed by atoms with E-state index in [0.29, 0.717) is 0 Å². The molecule has 0 atom stereocenters. The Hall–Kier alpha value is -6.64. The highest BCUT2D eigenvalue weighted by atomic mass is 15.0. The Kier molecular flexibility index (Phi) is 8.32. The van der Waals surface area contributed by atoms with E-state index in [2.05, 4.69) is 233 Å². The van der Waals surface area contributed by atoms with Gasteiger partial charge >= 0.3 is 0 Å². The fourth-order valence-corrected chi connectivity index (χ4v) is 8.87. The molecule has 0 aliphatic heterocycles. The van der Waals surface area contributed by atoms with Crippen molar-refractivity contribution >= 4 is 43.4 Å². The molecule has 282 valence electrons. The zero-order valence-corrected chi connectivity index (χ0v) is 34.2. The van der Waals surface area contributed by atoms with Crippen LogP contribution in [0.3, 0.4) is 0 Å². The summed E-state index contributed by atoms with van der Waals surface area (Å²) in [7, 11) is 0. The molecule has 10 rings (SSSR count). The molecule has 0 aliphatic rings. The monoisotopic (exact) mass is 748 g/mol. The van der Waals surface area contributed by atoms with Crippen molar-refractivity contribution in [3.63, 3.8) is 0 Å². The maximum atomic E-state index is 2.44. The maximum Gasteiger partial charge on any atom is 0.0541 e. The van der Waals surface area contributed by atoms with Gasteiger partial charge < -0.3 is 9.13 Å². The van der Waals surface area contributed by atoms with E-state index in [-0.39, 0.29) is 10.8 Å². The third-order valence-electron chi connectivity index (χ3n) is 12.1. The average Bonchev–Trinajstić information content (AvgIpc) is 3.82. The quantitative estimate of drug-likeness (QED) is 0.166. The van der Waals surface area contributed by atoms with Crippen LogP contribution in [0.2, 0.25) is 0 Å². The standard InChI is InChI=1S/C56H48N2/c1-55(2,3)41-25-31-53-49(35-41)50-36-42(56(4,5)6)26-32-54(50)58(53)44-29-23-38(24-30-44)37-21-27-43(28-22-37)57-51(47-19-11-15-39-13-7-9-17-45(39)47)33-34-52(57)48-20-12-16-40-14-8-10-18-46(40)48/h7-36H,1-6H3. The first kappa shape index (κ1) is 35.8. The summed E-state index contributed by atoms with van der Waals surface area (Å²) in [5.41, 5.74) is 14.8. The van der Waals surface area contributed by atoms with Gasteiger partial charge in [-0.3, -0.25) is 0 Å². The molecule has 0 bridgehead atoms. The van der Waals surface area contributed by atoms with Gasteiger partial charge in [0.2, 0.25) is 0 Å². The molecule has 10 aromatic rings. The highest BCUT2D eigenvalue weighted by molar-refractivity contribution is 6.10. The fraction of sp³-hybridized carbons (Fsp3) is 0.143. The van der Waals surface area contributed by atoms with E-state index in [0.717, 1.165) is 5.69 Å². The first-order chi connectivity index (χ1) is 28.0. The predicted octanol–water partition coefficient (Wildman–Crippen LogP) is 15.5. The van der Waals surface area contributed by atoms with Crippen molar-refractivity contribution in [2.75, 3.05) is 0 Å². The molecule has 2 heteroatoms. The minimum Gasteiger partial charge on any atom is -0.309 e. The molecule has 0 aliphatic carbocycles. The molecule has 0 radical (unpaired) electrons. The van der Waals surface area contributed by atoms with Gasteiger partial charge in [-0.25, -0.2) is 0 Å². The Morgan fingerprint density at radius 3 is 1.16 bits per heavy atom. The minimum absolute atomic E-state index is 0.0672. The summed E-state index contributed by atoms with van der Waals surface area (Å²) in [6, 6.07) is 67.5. The molecule has 0 unspecified atom stereocenters. The maximum absolute atomic E-state index is 2.44. The zero-order valence-electron chi connectivity index (χ0n) is 34.2. The second-order valence-corrected chi connectivity index (χ2v) is 17.9. The van der Waals surface area contributed by atoms with Gasteiger partial charge in [-0.15, -0.1) is 0 Å². The summed E-state index contributed by atoms with van der Waals surface area (Å²) in [5.74, 6) is 0. The van der Waals surface area contributed by atoms with Crippen molar-refractivity contribution in [1.82, 2.24) is 9.13 Å². The molecule has 0 saturated carbocycles. The van der Waals surface area contributed by atoms with Crippen LogP contribution in [0.1, 0.15) is 52.7 Å². The van der Waals surface area contributed by atoms with Gasteiger partial charge in [0, 0.05) is 33.3 Å². The summed E-state index contributed by atoms with van der Waals surface area (Å²) in [6.07, 6.45) is 0. The van der Waals surface area contributed by atoms with Crippen LogP contribution in [0.25, 0.3) is 88.4 Å². The topological polar surface area (TPSA) is 9.86 Å². The molecule has 58 heavy (non-hydrogen) atoms. The largest absolute Gasteiger partial charge is 0.309 e. The van der Waals surface area contributed by atoms with Crippen LogP contribution >= 0.6 is 0 Å². The van der Waals surface area contributed by atoms with Crippen molar-refractivity contribution < 1.29 is 0 Å². The van der Waals surface area contributed by atoms with E-state index in [4.69, 9.17) is 0 Å². The first-order valence-electron chi connectivity index (χ1n) is 20.5. The molecule has 2 heterocycles. The summed E-state index contributed by atoms with van der Waals surface area (Å²) >= 11 is 0. The van der Waals surface area contributed by atoms with Crippen LogP contribution in [0, 0.1) is 0 Å². The number of hydrogen-bond acceptors (Lipinski definition) is 0. The Bertz CT molecular complexity index is 2980. The molecule has 0 saturated heterocycles. The predicted molar refractivity (Wildman–Crippen MR) is 249 cm³/mol. The average molecular weight is 749 g/mol. The Morgan fingerprint density at radius 1 is 0.328 bits per heavy atom. The molecular formula is C56H48N2. The van der Waals surface area contributed by atoms with Crippen LogP contribution in [0.4, 0.5) is 0 Å². The highest BCUT2D eigenvalue weighted by Crippen LogP contribution is 2.40. The molecule has 0 N–H and O–H groups in total. The number of aromatic nitrogens is 2. The fourth-order valence-electron chi connectivity index (χ4n) is 8.87. The van der Waals surface area contributed by atoms with Gasteiger partial charge in [-0.2, -0.15) is 0 Å². The normalized spacial score (nSPS) is 12.3. The van der Waals surface area contributed by atoms with E-state index in [9.17, 15) is 0 Å². The second kappa shape index (κ2) is 13.5. The summed E-state index contributed by atoms with van der Waals surface area (Å²) in [5, 5.41) is 7.59. The minimum atomic E-state index is 0.0672. The van der Waals surface area contributed by atoms with Gasteiger partial charge in [-0.1, -0.05) is 163 Å². The number of benzene rings is 8. The number of fused-ring (bicyclic) bond motifs is 5. The molecule has 2 aromatic heterocycles. The van der Waals surface area contributed by atoms with Crippen LogP contribution in [-0.4, -0.2) is 9.13 Å². The number of rotatable bonds is 5. The Labute approximate surface area is 341 Å². The third kappa shape index (κ3) is 6.03. The number of hydrogen-bond donors (Lipinski definition) is 0. The van der Waals surface area contributed by atoms with Crippen molar-refractivity contribution in [1.29, 1.82) is 0 Å². The van der Waals surface area contributed by atoms with Crippen molar-refractivity contribution in [2.24, 2.45) is 0 Å². The lowest BCUT2D eigenvalue weighted by molar-refractivity contribution is 0.590. The van der Waals surface area contributed by atoms with E-state index >= 15 is 0 Å². The second-order valence-electron chi connectivity index (χ2n) is 17.9. The van der Waals surface area contributed by atoms with E-state index in [1.165, 1.54) is 93.8 Å². The van der Waals surface area contributed by atoms with Crippen LogP contribution in [0.5, 0.6) is 0 Å². The summed E-state index contributed by atoms with van der Waals surface area (Å²) in [6.45, 7) is 13.8. The molecule has 0 spiro atoms. The van der Waals surface area contributed by atoms with Gasteiger partial charge in [0.15, 0.2) is 0 Å². The lowest BCUT2D eigenvalue weighted by atomic mass is 9.85. The highest BCUT2D eigenvalue weighted by Gasteiger charge is 2.22. The van der Waals surface area contributed by atoms with E-state index in [1.807, 2.05) is 0 Å². The Balaban J connectivity index is 1.07. The molecule has 0 fully saturated rings. The molecule has 0 amide bonds. The Morgan fingerprint density at radius 2 is 0.724 bits per heavy atom. The van der Waals surface area contributed by atoms with Crippen molar-refractivity contribution in [2.45, 2.75) is 52.4 Å². The van der Waals surface area contributed by atoms with E-state index in [1.54, 1.807) is 0 Å². The first-order valence-corrected chi connectivity index (χ1v) is 20.5. The zero-order chi connectivity index (χ0) is 39.8. The van der Waals surface area contributed by atoms with Gasteiger partial charge in [0.05, 0.1) is 22.4 Å². The molecular weight excluding hydrogens is 701 g/mol. The SMILES string of the molecule is CC(C)(C)c1ccc2c(c1)c1cc(C(C)(C)C)ccc1n2-c1ccc(-c2ccc(-n3c(-c4cccc5ccccc45)ccc3-c3cccc4ccccc34)cc2)cc1.